The van der Waals surface area contributed by atoms with E-state index >= 15 is 0 Å². The predicted octanol–water partition coefficient (Wildman–Crippen LogP) is 3.58. The molecule has 180 valence electrons. The van der Waals surface area contributed by atoms with E-state index in [2.05, 4.69) is 116 Å². The highest BCUT2D eigenvalue weighted by Gasteiger charge is 2.52. The molecule has 0 N–H and O–H groups in total. The van der Waals surface area contributed by atoms with Crippen LogP contribution in [0.2, 0.25) is 0 Å². The standard InChI is InChI=1S/C31H27NOPS.HI/c1-2-35-31-30(32-29(33-31)24-23-25-15-7-3-8-16-25)34(26-17-9-4-10-18-26,27-19-11-5-12-20-27)28-21-13-6-14-22-28;/h3-24H,2H2,1H3;1H/q+1;/p-1/b24-23+;. The first-order valence-electron chi connectivity index (χ1n) is 11.8. The van der Waals surface area contributed by atoms with Crippen molar-refractivity contribution in [2.75, 3.05) is 5.75 Å². The highest BCUT2D eigenvalue weighted by Crippen LogP contribution is 2.55. The topological polar surface area (TPSA) is 26.0 Å². The third-order valence-corrected chi connectivity index (χ3v) is 11.0. The first kappa shape index (κ1) is 26.4. The lowest BCUT2D eigenvalue weighted by Gasteiger charge is -2.25. The highest BCUT2D eigenvalue weighted by molar-refractivity contribution is 8.04. The van der Waals surface area contributed by atoms with Gasteiger partial charge < -0.3 is 28.4 Å². The van der Waals surface area contributed by atoms with Crippen LogP contribution in [0.4, 0.5) is 0 Å². The lowest BCUT2D eigenvalue weighted by molar-refractivity contribution is -0.00000721. The molecule has 0 saturated heterocycles. The molecule has 5 aromatic rings. The van der Waals surface area contributed by atoms with E-state index in [1.165, 1.54) is 15.9 Å². The van der Waals surface area contributed by atoms with Crippen LogP contribution in [0.5, 0.6) is 0 Å². The molecule has 0 fully saturated rings. The molecule has 4 aromatic carbocycles. The van der Waals surface area contributed by atoms with E-state index < -0.39 is 7.26 Å². The van der Waals surface area contributed by atoms with Crippen molar-refractivity contribution in [1.29, 1.82) is 0 Å². The fourth-order valence-electron chi connectivity index (χ4n) is 4.32. The van der Waals surface area contributed by atoms with Gasteiger partial charge in [-0.05, 0) is 53.8 Å². The Hall–Kier alpha value is -2.66. The monoisotopic (exact) mass is 619 g/mol. The van der Waals surface area contributed by atoms with E-state index in [4.69, 9.17) is 9.40 Å². The van der Waals surface area contributed by atoms with Gasteiger partial charge in [-0.2, -0.15) is 4.98 Å². The van der Waals surface area contributed by atoms with E-state index in [-0.39, 0.29) is 24.0 Å². The minimum absolute atomic E-state index is 0. The van der Waals surface area contributed by atoms with Crippen molar-refractivity contribution >= 4 is 52.5 Å². The molecule has 0 radical (unpaired) electrons. The van der Waals surface area contributed by atoms with E-state index in [1.54, 1.807) is 11.8 Å². The Morgan fingerprint density at radius 1 is 0.667 bits per heavy atom. The first-order chi connectivity index (χ1) is 17.3. The van der Waals surface area contributed by atoms with E-state index in [0.29, 0.717) is 5.89 Å². The zero-order valence-electron chi connectivity index (χ0n) is 20.0. The van der Waals surface area contributed by atoms with Gasteiger partial charge in [-0.3, -0.25) is 0 Å². The molecule has 0 amide bonds. The summed E-state index contributed by atoms with van der Waals surface area (Å²) in [6.45, 7) is 2.16. The summed E-state index contributed by atoms with van der Waals surface area (Å²) in [5.41, 5.74) is 2.15. The zero-order valence-corrected chi connectivity index (χ0v) is 23.9. The maximum Gasteiger partial charge on any atom is 0.251 e. The van der Waals surface area contributed by atoms with Gasteiger partial charge in [0.05, 0.1) is 0 Å². The summed E-state index contributed by atoms with van der Waals surface area (Å²) < 4.78 is 6.44. The van der Waals surface area contributed by atoms with Crippen LogP contribution in [0.3, 0.4) is 0 Å². The molecule has 5 heteroatoms. The summed E-state index contributed by atoms with van der Waals surface area (Å²) in [5, 5.41) is 4.69. The SMILES string of the molecule is CCSc1oc(/C=C/c2ccccc2)nc1[P+](c1ccccc1)(c1ccccc1)c1ccccc1.[I-]. The molecule has 0 bridgehead atoms. The quantitative estimate of drug-likeness (QED) is 0.151. The van der Waals surface area contributed by atoms with Gasteiger partial charge in [0.15, 0.2) is 7.26 Å². The van der Waals surface area contributed by atoms with Gasteiger partial charge in [-0.15, -0.1) is 0 Å². The van der Waals surface area contributed by atoms with Gasteiger partial charge in [-0.1, -0.05) is 104 Å². The van der Waals surface area contributed by atoms with Gasteiger partial charge in [0.1, 0.15) is 15.9 Å². The minimum atomic E-state index is -2.31. The van der Waals surface area contributed by atoms with E-state index in [1.807, 2.05) is 24.3 Å². The van der Waals surface area contributed by atoms with Crippen molar-refractivity contribution in [2.24, 2.45) is 0 Å². The second kappa shape index (κ2) is 12.5. The number of halogens is 1. The fourth-order valence-corrected chi connectivity index (χ4v) is 9.56. The average Bonchev–Trinajstić information content (AvgIpc) is 3.33. The van der Waals surface area contributed by atoms with Crippen molar-refractivity contribution in [3.8, 4) is 0 Å². The Labute approximate surface area is 235 Å². The maximum absolute atomic E-state index is 6.44. The zero-order chi connectivity index (χ0) is 23.9. The van der Waals surface area contributed by atoms with Gasteiger partial charge >= 0.3 is 0 Å². The van der Waals surface area contributed by atoms with Crippen LogP contribution in [0, 0.1) is 0 Å². The molecule has 0 unspecified atom stereocenters. The van der Waals surface area contributed by atoms with E-state index in [0.717, 1.165) is 21.8 Å². The Morgan fingerprint density at radius 2 is 1.11 bits per heavy atom. The molecule has 36 heavy (non-hydrogen) atoms. The van der Waals surface area contributed by atoms with Crippen molar-refractivity contribution in [3.05, 3.63) is 133 Å². The number of hydrogen-bond acceptors (Lipinski definition) is 3. The van der Waals surface area contributed by atoms with Crippen LogP contribution in [-0.4, -0.2) is 10.7 Å². The first-order valence-corrected chi connectivity index (χ1v) is 14.5. The summed E-state index contributed by atoms with van der Waals surface area (Å²) in [6, 6.07) is 42.7. The van der Waals surface area contributed by atoms with Crippen LogP contribution in [0.25, 0.3) is 12.2 Å². The third-order valence-electron chi connectivity index (χ3n) is 5.84. The molecule has 0 aliphatic carbocycles. The Kier molecular flexibility index (Phi) is 9.19. The predicted molar refractivity (Wildman–Crippen MR) is 153 cm³/mol. The largest absolute Gasteiger partial charge is 1.00 e. The van der Waals surface area contributed by atoms with Crippen LogP contribution in [-0.2, 0) is 0 Å². The molecule has 5 rings (SSSR count). The summed E-state index contributed by atoms with van der Waals surface area (Å²) in [6.07, 6.45) is 4.04. The van der Waals surface area contributed by atoms with Crippen molar-refractivity contribution in [1.82, 2.24) is 4.98 Å². The van der Waals surface area contributed by atoms with Crippen molar-refractivity contribution in [2.45, 2.75) is 12.0 Å². The lowest BCUT2D eigenvalue weighted by atomic mass is 10.2. The second-order valence-electron chi connectivity index (χ2n) is 8.02. The van der Waals surface area contributed by atoms with Gasteiger partial charge in [0.2, 0.25) is 11.0 Å². The average molecular weight is 620 g/mol. The Morgan fingerprint density at radius 3 is 1.56 bits per heavy atom. The van der Waals surface area contributed by atoms with Crippen molar-refractivity contribution in [3.63, 3.8) is 0 Å². The summed E-state index contributed by atoms with van der Waals surface area (Å²) >= 11 is 1.72. The summed E-state index contributed by atoms with van der Waals surface area (Å²) in [7, 11) is -2.31. The number of nitrogens with zero attached hydrogens (tertiary/aromatic N) is 1. The minimum Gasteiger partial charge on any atom is -1.00 e. The number of rotatable bonds is 8. The van der Waals surface area contributed by atoms with Crippen LogP contribution in [0.1, 0.15) is 18.4 Å². The lowest BCUT2D eigenvalue weighted by Crippen LogP contribution is -3.00. The molecule has 0 spiro atoms. The van der Waals surface area contributed by atoms with E-state index in [9.17, 15) is 0 Å². The third kappa shape index (κ3) is 5.36. The number of aromatic nitrogens is 1. The molecule has 1 heterocycles. The Bertz CT molecular complexity index is 1290. The fraction of sp³-hybridized carbons (Fsp3) is 0.0645. The van der Waals surface area contributed by atoms with Crippen LogP contribution < -0.4 is 45.3 Å². The molecular formula is C31H27INOPS. The molecule has 1 aromatic heterocycles. The normalized spacial score (nSPS) is 11.4. The van der Waals surface area contributed by atoms with Crippen LogP contribution in [0.15, 0.2) is 131 Å². The molecule has 0 saturated carbocycles. The van der Waals surface area contributed by atoms with Crippen LogP contribution >= 0.6 is 19.0 Å². The van der Waals surface area contributed by atoms with Gasteiger partial charge in [0, 0.05) is 6.08 Å². The Balaban J connectivity index is 0.00000304. The molecule has 0 atom stereocenters. The highest BCUT2D eigenvalue weighted by atomic mass is 127. The maximum atomic E-state index is 6.44. The molecule has 2 nitrogen and oxygen atoms in total. The number of thioether (sulfide) groups is 1. The molecule has 0 aliphatic heterocycles. The summed E-state index contributed by atoms with van der Waals surface area (Å²) in [5.74, 6) is 1.54. The number of hydrogen-bond donors (Lipinski definition) is 0. The number of oxazole rings is 1. The van der Waals surface area contributed by atoms with Gasteiger partial charge in [0.25, 0.3) is 5.44 Å². The summed E-state index contributed by atoms with van der Waals surface area (Å²) in [4.78, 5) is 5.22. The smallest absolute Gasteiger partial charge is 0.251 e. The second-order valence-corrected chi connectivity index (χ2v) is 12.6. The molecular weight excluding hydrogens is 592 g/mol. The number of benzene rings is 4. The van der Waals surface area contributed by atoms with Crippen molar-refractivity contribution < 1.29 is 28.4 Å². The molecule has 0 aliphatic rings. The van der Waals surface area contributed by atoms with Gasteiger partial charge in [-0.25, -0.2) is 0 Å².